The maximum atomic E-state index is 13.0. The second-order valence-corrected chi connectivity index (χ2v) is 8.06. The SMILES string of the molecule is CC(Cc1ccccc1)(c1cnco1)c1ccnc2c(-c3ccc(C(F)(F)F)cc3)cnn12. The van der Waals surface area contributed by atoms with Gasteiger partial charge in [0.15, 0.2) is 12.0 Å². The zero-order chi connectivity index (χ0) is 23.1. The number of oxazole rings is 1. The summed E-state index contributed by atoms with van der Waals surface area (Å²) in [6.45, 7) is 2.05. The number of benzene rings is 2. The molecule has 1 atom stereocenters. The Balaban J connectivity index is 1.63. The van der Waals surface area contributed by atoms with E-state index in [-0.39, 0.29) is 0 Å². The van der Waals surface area contributed by atoms with Gasteiger partial charge >= 0.3 is 6.18 Å². The van der Waals surface area contributed by atoms with Gasteiger partial charge in [0, 0.05) is 11.8 Å². The van der Waals surface area contributed by atoms with Crippen LogP contribution in [0.2, 0.25) is 0 Å². The van der Waals surface area contributed by atoms with Gasteiger partial charge in [-0.1, -0.05) is 42.5 Å². The molecule has 33 heavy (non-hydrogen) atoms. The summed E-state index contributed by atoms with van der Waals surface area (Å²) in [6, 6.07) is 16.9. The van der Waals surface area contributed by atoms with Crippen molar-refractivity contribution in [3.05, 3.63) is 108 Å². The van der Waals surface area contributed by atoms with Crippen molar-refractivity contribution >= 4 is 5.65 Å². The number of rotatable bonds is 5. The largest absolute Gasteiger partial charge is 0.448 e. The Labute approximate surface area is 187 Å². The normalized spacial score (nSPS) is 13.8. The van der Waals surface area contributed by atoms with E-state index in [1.807, 2.05) is 36.4 Å². The number of alkyl halides is 3. The van der Waals surface area contributed by atoms with Gasteiger partial charge in [-0.25, -0.2) is 14.5 Å². The second kappa shape index (κ2) is 7.88. The van der Waals surface area contributed by atoms with Crippen molar-refractivity contribution in [1.29, 1.82) is 0 Å². The lowest BCUT2D eigenvalue weighted by molar-refractivity contribution is -0.137. The van der Waals surface area contributed by atoms with E-state index in [2.05, 4.69) is 22.0 Å². The topological polar surface area (TPSA) is 56.2 Å². The fourth-order valence-electron chi connectivity index (χ4n) is 4.15. The molecule has 8 heteroatoms. The van der Waals surface area contributed by atoms with Crippen molar-refractivity contribution in [3.8, 4) is 11.1 Å². The summed E-state index contributed by atoms with van der Waals surface area (Å²) in [5.74, 6) is 0.672. The molecule has 0 amide bonds. The molecule has 166 valence electrons. The monoisotopic (exact) mass is 448 g/mol. The number of fused-ring (bicyclic) bond motifs is 1. The molecule has 0 fully saturated rings. The maximum Gasteiger partial charge on any atom is 0.416 e. The highest BCUT2D eigenvalue weighted by Gasteiger charge is 2.36. The Hall–Kier alpha value is -3.94. The lowest BCUT2D eigenvalue weighted by Crippen LogP contribution is -2.29. The van der Waals surface area contributed by atoms with Crippen LogP contribution in [0.5, 0.6) is 0 Å². The van der Waals surface area contributed by atoms with Crippen LogP contribution in [0.3, 0.4) is 0 Å². The molecule has 0 N–H and O–H groups in total. The van der Waals surface area contributed by atoms with Crippen LogP contribution in [-0.2, 0) is 18.0 Å². The van der Waals surface area contributed by atoms with Crippen LogP contribution >= 0.6 is 0 Å². The molecule has 2 aromatic carbocycles. The summed E-state index contributed by atoms with van der Waals surface area (Å²) in [5, 5.41) is 4.55. The minimum Gasteiger partial charge on any atom is -0.448 e. The highest BCUT2D eigenvalue weighted by molar-refractivity contribution is 5.77. The average Bonchev–Trinajstić information content (AvgIpc) is 3.50. The van der Waals surface area contributed by atoms with Crippen molar-refractivity contribution in [2.24, 2.45) is 0 Å². The molecule has 0 spiro atoms. The standard InChI is InChI=1S/C25H19F3N4O/c1-24(22-15-29-16-33-22,13-17-5-3-2-4-6-17)21-11-12-30-23-20(14-31-32(21)23)18-7-9-19(10-8-18)25(26,27)28/h2-12,14-16H,13H2,1H3. The van der Waals surface area contributed by atoms with Gasteiger partial charge in [-0.2, -0.15) is 18.3 Å². The van der Waals surface area contributed by atoms with Crippen molar-refractivity contribution in [2.45, 2.75) is 24.9 Å². The molecular weight excluding hydrogens is 429 g/mol. The third-order valence-electron chi connectivity index (χ3n) is 5.87. The molecule has 5 aromatic rings. The number of nitrogens with zero attached hydrogens (tertiary/aromatic N) is 4. The van der Waals surface area contributed by atoms with E-state index in [1.165, 1.54) is 18.5 Å². The van der Waals surface area contributed by atoms with Crippen molar-refractivity contribution < 1.29 is 17.6 Å². The minimum absolute atomic E-state index is 0.547. The van der Waals surface area contributed by atoms with Gasteiger partial charge in [-0.05, 0) is 42.7 Å². The zero-order valence-electron chi connectivity index (χ0n) is 17.6. The number of hydrogen-bond acceptors (Lipinski definition) is 4. The van der Waals surface area contributed by atoms with E-state index < -0.39 is 17.2 Å². The van der Waals surface area contributed by atoms with Gasteiger partial charge < -0.3 is 4.42 Å². The van der Waals surface area contributed by atoms with E-state index in [4.69, 9.17) is 4.42 Å². The lowest BCUT2D eigenvalue weighted by Gasteiger charge is -2.28. The molecule has 5 rings (SSSR count). The first-order chi connectivity index (χ1) is 15.9. The fourth-order valence-corrected chi connectivity index (χ4v) is 4.15. The maximum absolute atomic E-state index is 13.0. The van der Waals surface area contributed by atoms with Gasteiger partial charge in [0.05, 0.1) is 29.1 Å². The molecule has 5 nitrogen and oxygen atoms in total. The quantitative estimate of drug-likeness (QED) is 0.333. The van der Waals surface area contributed by atoms with Crippen LogP contribution in [0.25, 0.3) is 16.8 Å². The number of aromatic nitrogens is 4. The summed E-state index contributed by atoms with van der Waals surface area (Å²) in [5.41, 5.74) is 2.41. The van der Waals surface area contributed by atoms with Gasteiger partial charge in [0.25, 0.3) is 0 Å². The van der Waals surface area contributed by atoms with Crippen molar-refractivity contribution in [3.63, 3.8) is 0 Å². The van der Waals surface area contributed by atoms with Gasteiger partial charge in [-0.15, -0.1) is 0 Å². The van der Waals surface area contributed by atoms with E-state index >= 15 is 0 Å². The van der Waals surface area contributed by atoms with Gasteiger partial charge in [0.2, 0.25) is 0 Å². The van der Waals surface area contributed by atoms with Crippen LogP contribution < -0.4 is 0 Å². The van der Waals surface area contributed by atoms with Gasteiger partial charge in [-0.3, -0.25) is 0 Å². The Morgan fingerprint density at radius 1 is 0.939 bits per heavy atom. The fraction of sp³-hybridized carbons (Fsp3) is 0.160. The molecule has 0 aliphatic rings. The highest BCUT2D eigenvalue weighted by Crippen LogP contribution is 2.37. The van der Waals surface area contributed by atoms with Gasteiger partial charge in [0.1, 0.15) is 5.76 Å². The lowest BCUT2D eigenvalue weighted by atomic mass is 9.78. The molecule has 3 aromatic heterocycles. The molecule has 0 radical (unpaired) electrons. The molecular formula is C25H19F3N4O. The van der Waals surface area contributed by atoms with E-state index in [0.717, 1.165) is 23.4 Å². The first-order valence-corrected chi connectivity index (χ1v) is 10.3. The Morgan fingerprint density at radius 2 is 1.70 bits per heavy atom. The smallest absolute Gasteiger partial charge is 0.416 e. The van der Waals surface area contributed by atoms with E-state index in [9.17, 15) is 13.2 Å². The van der Waals surface area contributed by atoms with Crippen molar-refractivity contribution in [1.82, 2.24) is 19.6 Å². The molecule has 0 aliphatic heterocycles. The molecule has 0 saturated carbocycles. The highest BCUT2D eigenvalue weighted by atomic mass is 19.4. The second-order valence-electron chi connectivity index (χ2n) is 8.06. The average molecular weight is 448 g/mol. The van der Waals surface area contributed by atoms with E-state index in [1.54, 1.807) is 23.1 Å². The minimum atomic E-state index is -4.39. The molecule has 1 unspecified atom stereocenters. The summed E-state index contributed by atoms with van der Waals surface area (Å²) in [6.07, 6.45) is 2.62. The predicted molar refractivity (Wildman–Crippen MR) is 117 cm³/mol. The molecule has 0 saturated heterocycles. The van der Waals surface area contributed by atoms with Crippen LogP contribution in [0.4, 0.5) is 13.2 Å². The summed E-state index contributed by atoms with van der Waals surface area (Å²) in [7, 11) is 0. The third-order valence-corrected chi connectivity index (χ3v) is 5.87. The number of hydrogen-bond donors (Lipinski definition) is 0. The Bertz CT molecular complexity index is 1380. The summed E-state index contributed by atoms with van der Waals surface area (Å²) in [4.78, 5) is 8.60. The third kappa shape index (κ3) is 3.77. The van der Waals surface area contributed by atoms with Crippen LogP contribution in [0.15, 0.2) is 90.1 Å². The first kappa shape index (κ1) is 20.9. The Kier molecular flexibility index (Phi) is 5.00. The molecule has 0 bridgehead atoms. The van der Waals surface area contributed by atoms with Crippen molar-refractivity contribution in [2.75, 3.05) is 0 Å². The summed E-state index contributed by atoms with van der Waals surface area (Å²) < 4.78 is 46.4. The van der Waals surface area contributed by atoms with Crippen LogP contribution in [0.1, 0.15) is 29.5 Å². The molecule has 3 heterocycles. The first-order valence-electron chi connectivity index (χ1n) is 10.3. The zero-order valence-corrected chi connectivity index (χ0v) is 17.6. The Morgan fingerprint density at radius 3 is 2.36 bits per heavy atom. The van der Waals surface area contributed by atoms with Crippen LogP contribution in [-0.4, -0.2) is 19.6 Å². The summed E-state index contributed by atoms with van der Waals surface area (Å²) >= 11 is 0. The van der Waals surface area contributed by atoms with E-state index in [0.29, 0.717) is 29.0 Å². The number of halogens is 3. The molecule has 0 aliphatic carbocycles. The predicted octanol–water partition coefficient (Wildman–Crippen LogP) is 5.95. The van der Waals surface area contributed by atoms with Crippen LogP contribution in [0, 0.1) is 0 Å².